The number of ether oxygens (including phenoxy) is 1. The summed E-state index contributed by atoms with van der Waals surface area (Å²) in [5.74, 6) is -1.15. The van der Waals surface area contributed by atoms with E-state index in [2.05, 4.69) is 0 Å². The number of rotatable bonds is 1. The highest BCUT2D eigenvalue weighted by molar-refractivity contribution is 5.80. The summed E-state index contributed by atoms with van der Waals surface area (Å²) in [6.45, 7) is 4.88. The second kappa shape index (κ2) is 4.08. The minimum Gasteiger partial charge on any atom is -0.481 e. The van der Waals surface area contributed by atoms with Crippen molar-refractivity contribution >= 4 is 12.1 Å². The van der Waals surface area contributed by atoms with Crippen LogP contribution in [-0.2, 0) is 9.53 Å². The van der Waals surface area contributed by atoms with Crippen molar-refractivity contribution in [2.75, 3.05) is 13.1 Å². The molecule has 2 fully saturated rings. The summed E-state index contributed by atoms with van der Waals surface area (Å²) in [6, 6.07) is 0. The molecule has 2 rings (SSSR count). The number of halogens is 1. The van der Waals surface area contributed by atoms with E-state index in [1.165, 1.54) is 4.90 Å². The number of likely N-dealkylation sites (tertiary alicyclic amines) is 1. The first-order valence-electron chi connectivity index (χ1n) is 6.50. The van der Waals surface area contributed by atoms with Crippen LogP contribution < -0.4 is 0 Å². The molecule has 1 N–H and O–H groups in total. The maximum Gasteiger partial charge on any atom is 0.410 e. The molecule has 0 aromatic heterocycles. The maximum atomic E-state index is 14.8. The molecule has 1 heterocycles. The molecule has 2 aliphatic rings. The van der Waals surface area contributed by atoms with Crippen LogP contribution in [0.3, 0.4) is 0 Å². The number of carboxylic acids is 1. The SMILES string of the molecule is CC(C)(C)OC(=O)N1CC2(F)CCCC2(C(=O)O)C1. The van der Waals surface area contributed by atoms with Gasteiger partial charge in [0.25, 0.3) is 0 Å². The van der Waals surface area contributed by atoms with Crippen molar-refractivity contribution < 1.29 is 23.8 Å². The van der Waals surface area contributed by atoms with Gasteiger partial charge < -0.3 is 14.7 Å². The van der Waals surface area contributed by atoms with Crippen molar-refractivity contribution in [1.29, 1.82) is 0 Å². The lowest BCUT2D eigenvalue weighted by Crippen LogP contribution is -2.45. The predicted molar refractivity (Wildman–Crippen MR) is 65.6 cm³/mol. The third-order valence-corrected chi connectivity index (χ3v) is 4.00. The first-order chi connectivity index (χ1) is 8.60. The van der Waals surface area contributed by atoms with Crippen molar-refractivity contribution in [2.45, 2.75) is 51.3 Å². The summed E-state index contributed by atoms with van der Waals surface area (Å²) >= 11 is 0. The summed E-state index contributed by atoms with van der Waals surface area (Å²) in [6.07, 6.45) is 0.376. The lowest BCUT2D eigenvalue weighted by molar-refractivity contribution is -0.153. The molecule has 0 bridgehead atoms. The number of hydrogen-bond donors (Lipinski definition) is 1. The number of carboxylic acid groups (broad SMARTS) is 1. The van der Waals surface area contributed by atoms with Crippen LogP contribution in [0, 0.1) is 5.41 Å². The Bertz CT molecular complexity index is 419. The van der Waals surface area contributed by atoms with Gasteiger partial charge in [0.05, 0.1) is 6.54 Å². The second-order valence-electron chi connectivity index (χ2n) is 6.54. The quantitative estimate of drug-likeness (QED) is 0.795. The van der Waals surface area contributed by atoms with Gasteiger partial charge in [-0.05, 0) is 40.0 Å². The van der Waals surface area contributed by atoms with Gasteiger partial charge in [0, 0.05) is 6.54 Å². The van der Waals surface area contributed by atoms with E-state index < -0.39 is 28.7 Å². The Balaban J connectivity index is 2.18. The standard InChI is InChI=1S/C13H20FNO4/c1-11(2,3)19-10(18)15-7-12(9(16)17)5-4-6-13(12,14)8-15/h4-8H2,1-3H3,(H,16,17). The first kappa shape index (κ1) is 14.1. The average molecular weight is 273 g/mol. The topological polar surface area (TPSA) is 66.8 Å². The van der Waals surface area contributed by atoms with Gasteiger partial charge in [-0.3, -0.25) is 4.79 Å². The molecule has 2 unspecified atom stereocenters. The highest BCUT2D eigenvalue weighted by Crippen LogP contribution is 2.54. The van der Waals surface area contributed by atoms with Crippen LogP contribution in [0.25, 0.3) is 0 Å². The molecule has 1 aliphatic heterocycles. The molecule has 6 heteroatoms. The van der Waals surface area contributed by atoms with Crippen molar-refractivity contribution in [1.82, 2.24) is 4.90 Å². The lowest BCUT2D eigenvalue weighted by atomic mass is 9.78. The Morgan fingerprint density at radius 2 is 1.89 bits per heavy atom. The zero-order chi connectivity index (χ0) is 14.5. The van der Waals surface area contributed by atoms with Gasteiger partial charge in [-0.15, -0.1) is 0 Å². The van der Waals surface area contributed by atoms with Crippen LogP contribution in [-0.4, -0.2) is 46.4 Å². The van der Waals surface area contributed by atoms with Crippen LogP contribution in [0.1, 0.15) is 40.0 Å². The molecular formula is C13H20FNO4. The zero-order valence-corrected chi connectivity index (χ0v) is 11.5. The Kier molecular flexibility index (Phi) is 3.03. The fraction of sp³-hybridized carbons (Fsp3) is 0.846. The third kappa shape index (κ3) is 2.17. The van der Waals surface area contributed by atoms with Crippen LogP contribution in [0.15, 0.2) is 0 Å². The normalized spacial score (nSPS) is 34.2. The van der Waals surface area contributed by atoms with Gasteiger partial charge in [-0.2, -0.15) is 0 Å². The first-order valence-corrected chi connectivity index (χ1v) is 6.50. The van der Waals surface area contributed by atoms with E-state index in [0.29, 0.717) is 6.42 Å². The number of fused-ring (bicyclic) bond motifs is 1. The molecule has 0 radical (unpaired) electrons. The summed E-state index contributed by atoms with van der Waals surface area (Å²) in [5.41, 5.74) is -3.95. The highest BCUT2D eigenvalue weighted by atomic mass is 19.1. The Hall–Kier alpha value is -1.33. The monoisotopic (exact) mass is 273 g/mol. The number of nitrogens with zero attached hydrogens (tertiary/aromatic N) is 1. The number of hydrogen-bond acceptors (Lipinski definition) is 3. The van der Waals surface area contributed by atoms with E-state index >= 15 is 0 Å². The second-order valence-corrected chi connectivity index (χ2v) is 6.54. The van der Waals surface area contributed by atoms with Crippen molar-refractivity contribution in [3.63, 3.8) is 0 Å². The zero-order valence-electron chi connectivity index (χ0n) is 11.5. The fourth-order valence-corrected chi connectivity index (χ4v) is 3.09. The largest absolute Gasteiger partial charge is 0.481 e. The number of alkyl halides is 1. The molecule has 0 spiro atoms. The third-order valence-electron chi connectivity index (χ3n) is 4.00. The van der Waals surface area contributed by atoms with Gasteiger partial charge in [0.2, 0.25) is 0 Å². The molecule has 1 saturated heterocycles. The van der Waals surface area contributed by atoms with Gasteiger partial charge in [0.15, 0.2) is 0 Å². The predicted octanol–water partition coefficient (Wildman–Crippen LogP) is 2.20. The molecule has 108 valence electrons. The van der Waals surface area contributed by atoms with Crippen LogP contribution in [0.4, 0.5) is 9.18 Å². The summed E-state index contributed by atoms with van der Waals surface area (Å²) < 4.78 is 20.0. The lowest BCUT2D eigenvalue weighted by Gasteiger charge is -2.27. The Morgan fingerprint density at radius 1 is 1.26 bits per heavy atom. The molecular weight excluding hydrogens is 253 g/mol. The van der Waals surface area contributed by atoms with Crippen molar-refractivity contribution in [2.24, 2.45) is 5.41 Å². The van der Waals surface area contributed by atoms with E-state index in [-0.39, 0.29) is 25.9 Å². The molecule has 19 heavy (non-hydrogen) atoms. The highest BCUT2D eigenvalue weighted by Gasteiger charge is 2.67. The van der Waals surface area contributed by atoms with Crippen LogP contribution in [0.2, 0.25) is 0 Å². The molecule has 0 aromatic carbocycles. The van der Waals surface area contributed by atoms with Crippen molar-refractivity contribution in [3.05, 3.63) is 0 Å². The average Bonchev–Trinajstić information content (AvgIpc) is 2.66. The van der Waals surface area contributed by atoms with Gasteiger partial charge in [-0.1, -0.05) is 0 Å². The van der Waals surface area contributed by atoms with E-state index in [0.717, 1.165) is 0 Å². The molecule has 1 saturated carbocycles. The Morgan fingerprint density at radius 3 is 2.37 bits per heavy atom. The Labute approximate surface area is 111 Å². The minimum absolute atomic E-state index is 0.103. The summed E-state index contributed by atoms with van der Waals surface area (Å²) in [7, 11) is 0. The van der Waals surface area contributed by atoms with Gasteiger partial charge in [-0.25, -0.2) is 9.18 Å². The number of carbonyl (C=O) groups is 2. The van der Waals surface area contributed by atoms with E-state index in [9.17, 15) is 19.1 Å². The molecule has 1 aliphatic carbocycles. The van der Waals surface area contributed by atoms with Crippen molar-refractivity contribution in [3.8, 4) is 0 Å². The molecule has 2 atom stereocenters. The summed E-state index contributed by atoms with van der Waals surface area (Å²) in [5, 5.41) is 9.35. The van der Waals surface area contributed by atoms with E-state index in [4.69, 9.17) is 4.74 Å². The van der Waals surface area contributed by atoms with Gasteiger partial charge >= 0.3 is 12.1 Å². The molecule has 0 aromatic rings. The number of aliphatic carboxylic acids is 1. The number of carbonyl (C=O) groups excluding carboxylic acids is 1. The smallest absolute Gasteiger partial charge is 0.410 e. The minimum atomic E-state index is -1.82. The van der Waals surface area contributed by atoms with Gasteiger partial charge in [0.1, 0.15) is 16.7 Å². The fourth-order valence-electron chi connectivity index (χ4n) is 3.09. The molecule has 1 amide bonds. The van der Waals surface area contributed by atoms with E-state index in [1.54, 1.807) is 20.8 Å². The number of amides is 1. The van der Waals surface area contributed by atoms with Crippen LogP contribution >= 0.6 is 0 Å². The van der Waals surface area contributed by atoms with E-state index in [1.807, 2.05) is 0 Å². The summed E-state index contributed by atoms with van der Waals surface area (Å²) in [4.78, 5) is 24.6. The van der Waals surface area contributed by atoms with Crippen LogP contribution in [0.5, 0.6) is 0 Å². The molecule has 5 nitrogen and oxygen atoms in total. The maximum absolute atomic E-state index is 14.8.